The van der Waals surface area contributed by atoms with Gasteiger partial charge in [0.25, 0.3) is 11.6 Å². The highest BCUT2D eigenvalue weighted by atomic mass is 16.6. The molecule has 1 fully saturated rings. The number of nitrogen functional groups attached to an aromatic ring is 1. The number of nitrogens with zero attached hydrogens (tertiary/aromatic N) is 2. The molecule has 2 rings (SSSR count). The second kappa shape index (κ2) is 5.21. The van der Waals surface area contributed by atoms with Crippen LogP contribution in [0.25, 0.3) is 0 Å². The lowest BCUT2D eigenvalue weighted by molar-refractivity contribution is -0.385. The summed E-state index contributed by atoms with van der Waals surface area (Å²) in [6, 6.07) is 1.20. The van der Waals surface area contributed by atoms with Gasteiger partial charge in [0, 0.05) is 12.1 Å². The Morgan fingerprint density at radius 2 is 2.32 bits per heavy atom. The van der Waals surface area contributed by atoms with E-state index in [2.05, 4.69) is 10.3 Å². The predicted molar refractivity (Wildman–Crippen MR) is 69.6 cm³/mol. The second-order valence-corrected chi connectivity index (χ2v) is 4.84. The minimum absolute atomic E-state index is 0.00362. The lowest BCUT2D eigenvalue weighted by atomic mass is 9.80. The van der Waals surface area contributed by atoms with Crippen molar-refractivity contribution in [1.82, 2.24) is 10.3 Å². The van der Waals surface area contributed by atoms with Crippen LogP contribution in [0, 0.1) is 16.0 Å². The fourth-order valence-corrected chi connectivity index (χ4v) is 2.09. The molecule has 1 amide bonds. The zero-order chi connectivity index (χ0) is 14.0. The van der Waals surface area contributed by atoms with Gasteiger partial charge in [-0.25, -0.2) is 4.98 Å². The lowest BCUT2D eigenvalue weighted by Crippen LogP contribution is -2.41. The molecule has 0 saturated heterocycles. The maximum atomic E-state index is 12.0. The Balaban J connectivity index is 2.13. The van der Waals surface area contributed by atoms with Gasteiger partial charge in [0.1, 0.15) is 12.0 Å². The van der Waals surface area contributed by atoms with Crippen molar-refractivity contribution < 1.29 is 9.72 Å². The van der Waals surface area contributed by atoms with E-state index in [1.165, 1.54) is 6.42 Å². The van der Waals surface area contributed by atoms with Gasteiger partial charge in [-0.15, -0.1) is 0 Å². The van der Waals surface area contributed by atoms with Crippen molar-refractivity contribution in [2.75, 3.05) is 5.73 Å². The number of nitrogens with one attached hydrogen (secondary N) is 1. The van der Waals surface area contributed by atoms with Crippen molar-refractivity contribution in [2.24, 2.45) is 5.92 Å². The van der Waals surface area contributed by atoms with Gasteiger partial charge in [-0.2, -0.15) is 0 Å². The molecule has 1 aliphatic rings. The Kier molecular flexibility index (Phi) is 3.64. The van der Waals surface area contributed by atoms with Crippen LogP contribution >= 0.6 is 0 Å². The summed E-state index contributed by atoms with van der Waals surface area (Å²) in [5.74, 6) is 0.0776. The summed E-state index contributed by atoms with van der Waals surface area (Å²) in [4.78, 5) is 25.8. The number of anilines is 1. The topological polar surface area (TPSA) is 111 Å². The number of pyridine rings is 1. The molecule has 0 aromatic carbocycles. The van der Waals surface area contributed by atoms with Crippen LogP contribution in [-0.4, -0.2) is 21.9 Å². The van der Waals surface area contributed by atoms with Gasteiger partial charge < -0.3 is 11.1 Å². The number of nitro groups is 1. The van der Waals surface area contributed by atoms with Crippen LogP contribution in [0.2, 0.25) is 0 Å². The fraction of sp³-hybridized carbons (Fsp3) is 0.500. The first-order valence-corrected chi connectivity index (χ1v) is 6.20. The first-order chi connectivity index (χ1) is 8.99. The molecule has 7 heteroatoms. The predicted octanol–water partition coefficient (Wildman–Crippen LogP) is 1.49. The average Bonchev–Trinajstić information content (AvgIpc) is 2.26. The van der Waals surface area contributed by atoms with E-state index in [4.69, 9.17) is 5.73 Å². The molecule has 1 atom stereocenters. The van der Waals surface area contributed by atoms with Gasteiger partial charge in [0.2, 0.25) is 0 Å². The van der Waals surface area contributed by atoms with E-state index >= 15 is 0 Å². The number of amides is 1. The first-order valence-electron chi connectivity index (χ1n) is 6.20. The highest BCUT2D eigenvalue weighted by Gasteiger charge is 2.26. The van der Waals surface area contributed by atoms with Gasteiger partial charge in [-0.3, -0.25) is 14.9 Å². The van der Waals surface area contributed by atoms with E-state index in [1.807, 2.05) is 6.92 Å². The number of nitrogens with two attached hydrogens (primary N) is 1. The molecule has 1 heterocycles. The number of rotatable bonds is 4. The lowest BCUT2D eigenvalue weighted by Gasteiger charge is -2.31. The van der Waals surface area contributed by atoms with Crippen molar-refractivity contribution >= 4 is 17.4 Å². The van der Waals surface area contributed by atoms with Crippen LogP contribution in [0.4, 0.5) is 11.5 Å². The molecule has 1 aromatic rings. The van der Waals surface area contributed by atoms with Crippen molar-refractivity contribution in [2.45, 2.75) is 32.2 Å². The Morgan fingerprint density at radius 1 is 1.63 bits per heavy atom. The third kappa shape index (κ3) is 2.81. The summed E-state index contributed by atoms with van der Waals surface area (Å²) in [6.07, 6.45) is 4.43. The highest BCUT2D eigenvalue weighted by Crippen LogP contribution is 2.29. The van der Waals surface area contributed by atoms with Gasteiger partial charge in [-0.1, -0.05) is 6.42 Å². The fourth-order valence-electron chi connectivity index (χ4n) is 2.09. The molecule has 19 heavy (non-hydrogen) atoms. The minimum atomic E-state index is -0.599. The quantitative estimate of drug-likeness (QED) is 0.632. The van der Waals surface area contributed by atoms with Gasteiger partial charge in [0.15, 0.2) is 0 Å². The van der Waals surface area contributed by atoms with Gasteiger partial charge in [-0.05, 0) is 25.7 Å². The van der Waals surface area contributed by atoms with E-state index in [9.17, 15) is 14.9 Å². The summed E-state index contributed by atoms with van der Waals surface area (Å²) in [7, 11) is 0. The number of carbonyl (C=O) groups is 1. The summed E-state index contributed by atoms with van der Waals surface area (Å²) < 4.78 is 0. The van der Waals surface area contributed by atoms with Crippen molar-refractivity contribution in [3.8, 4) is 0 Å². The molecule has 102 valence electrons. The van der Waals surface area contributed by atoms with Crippen LogP contribution in [0.1, 0.15) is 36.5 Å². The molecule has 1 aromatic heterocycles. The molecule has 0 radical (unpaired) electrons. The summed E-state index contributed by atoms with van der Waals surface area (Å²) in [5, 5.41) is 13.5. The molecule has 0 bridgehead atoms. The van der Waals surface area contributed by atoms with Crippen LogP contribution in [0.3, 0.4) is 0 Å². The van der Waals surface area contributed by atoms with Gasteiger partial charge in [0.05, 0.1) is 10.5 Å². The number of hydrogen-bond donors (Lipinski definition) is 2. The van der Waals surface area contributed by atoms with Crippen molar-refractivity contribution in [1.29, 1.82) is 0 Å². The largest absolute Gasteiger partial charge is 0.383 e. The molecule has 3 N–H and O–H groups in total. The molecule has 0 spiro atoms. The van der Waals surface area contributed by atoms with E-state index in [0.717, 1.165) is 25.1 Å². The molecule has 0 aliphatic heterocycles. The molecular formula is C12H16N4O3. The normalized spacial score (nSPS) is 16.5. The summed E-state index contributed by atoms with van der Waals surface area (Å²) in [5.41, 5.74) is 5.41. The molecular weight excluding hydrogens is 248 g/mol. The average molecular weight is 264 g/mol. The van der Waals surface area contributed by atoms with Crippen LogP contribution in [0.15, 0.2) is 12.3 Å². The third-order valence-electron chi connectivity index (χ3n) is 3.58. The molecule has 1 unspecified atom stereocenters. The summed E-state index contributed by atoms with van der Waals surface area (Å²) in [6.45, 7) is 1.93. The van der Waals surface area contributed by atoms with Crippen molar-refractivity contribution in [3.05, 3.63) is 27.9 Å². The number of aromatic nitrogens is 1. The first kappa shape index (κ1) is 13.3. The second-order valence-electron chi connectivity index (χ2n) is 4.84. The van der Waals surface area contributed by atoms with E-state index in [0.29, 0.717) is 5.92 Å². The third-order valence-corrected chi connectivity index (χ3v) is 3.58. The molecule has 7 nitrogen and oxygen atoms in total. The maximum Gasteiger partial charge on any atom is 0.288 e. The smallest absolute Gasteiger partial charge is 0.288 e. The summed E-state index contributed by atoms with van der Waals surface area (Å²) >= 11 is 0. The van der Waals surface area contributed by atoms with Crippen LogP contribution < -0.4 is 11.1 Å². The highest BCUT2D eigenvalue weighted by molar-refractivity contribution is 5.99. The molecule has 1 saturated carbocycles. The zero-order valence-corrected chi connectivity index (χ0v) is 10.6. The number of hydrogen-bond acceptors (Lipinski definition) is 5. The van der Waals surface area contributed by atoms with E-state index < -0.39 is 10.8 Å². The van der Waals surface area contributed by atoms with E-state index in [-0.39, 0.29) is 23.1 Å². The Morgan fingerprint density at radius 3 is 2.84 bits per heavy atom. The standard InChI is InChI=1S/C12H16N4O3/c1-7(8-3-2-4-8)15-12(17)10-5-9(16(18)19)6-14-11(10)13/h5-8H,2-4H2,1H3,(H2,13,14)(H,15,17). The Labute approximate surface area is 110 Å². The Hall–Kier alpha value is -2.18. The number of carbonyl (C=O) groups excluding carboxylic acids is 1. The molecule has 1 aliphatic carbocycles. The zero-order valence-electron chi connectivity index (χ0n) is 10.6. The monoisotopic (exact) mass is 264 g/mol. The van der Waals surface area contributed by atoms with Crippen LogP contribution in [0.5, 0.6) is 0 Å². The van der Waals surface area contributed by atoms with E-state index in [1.54, 1.807) is 0 Å². The Bertz CT molecular complexity index is 514. The van der Waals surface area contributed by atoms with Crippen molar-refractivity contribution in [3.63, 3.8) is 0 Å². The SMILES string of the molecule is CC(NC(=O)c1cc([N+](=O)[O-])cnc1N)C1CCC1. The van der Waals surface area contributed by atoms with Crippen LogP contribution in [-0.2, 0) is 0 Å². The maximum absolute atomic E-state index is 12.0. The van der Waals surface area contributed by atoms with Gasteiger partial charge >= 0.3 is 0 Å². The minimum Gasteiger partial charge on any atom is -0.383 e.